The van der Waals surface area contributed by atoms with E-state index in [2.05, 4.69) is 22.0 Å². The monoisotopic (exact) mass is 485 g/mol. The van der Waals surface area contributed by atoms with Crippen molar-refractivity contribution in [1.82, 2.24) is 15.1 Å². The molecule has 4 bridgehead atoms. The lowest BCUT2D eigenvalue weighted by Crippen LogP contribution is -2.61. The maximum Gasteiger partial charge on any atom is 0.414 e. The first-order chi connectivity index (χ1) is 15.9. The number of hydrogen-bond donors (Lipinski definition) is 5. The highest BCUT2D eigenvalue weighted by molar-refractivity contribution is 6.27. The number of carboxylic acids is 4. The predicted molar refractivity (Wildman–Crippen MR) is 118 cm³/mol. The van der Waals surface area contributed by atoms with Crippen molar-refractivity contribution in [2.24, 2.45) is 17.8 Å². The van der Waals surface area contributed by atoms with Gasteiger partial charge in [0.2, 0.25) is 5.91 Å². The number of amides is 1. The lowest BCUT2D eigenvalue weighted by Gasteiger charge is -2.57. The van der Waals surface area contributed by atoms with E-state index in [1.165, 1.54) is 38.5 Å². The van der Waals surface area contributed by atoms with Crippen LogP contribution in [0, 0.1) is 17.8 Å². The van der Waals surface area contributed by atoms with Crippen LogP contribution >= 0.6 is 0 Å². The van der Waals surface area contributed by atoms with Gasteiger partial charge in [0.15, 0.2) is 0 Å². The van der Waals surface area contributed by atoms with Gasteiger partial charge in [-0.2, -0.15) is 0 Å². The molecule has 5 rings (SSSR count). The largest absolute Gasteiger partial charge is 0.473 e. The van der Waals surface area contributed by atoms with Crippen LogP contribution in [0.3, 0.4) is 0 Å². The van der Waals surface area contributed by atoms with E-state index in [1.807, 2.05) is 0 Å². The van der Waals surface area contributed by atoms with Crippen LogP contribution in [0.4, 0.5) is 0 Å². The molecule has 0 aromatic heterocycles. The molecular weight excluding hydrogens is 450 g/mol. The van der Waals surface area contributed by atoms with Crippen LogP contribution in [-0.2, 0) is 24.0 Å². The molecule has 0 atom stereocenters. The zero-order chi connectivity index (χ0) is 25.5. The number of hydrogen-bond acceptors (Lipinski definition) is 7. The Hall–Kier alpha value is -2.73. The second kappa shape index (κ2) is 12.1. The number of carbonyl (C=O) groups excluding carboxylic acids is 1. The van der Waals surface area contributed by atoms with Gasteiger partial charge in [-0.25, -0.2) is 19.2 Å². The summed E-state index contributed by atoms with van der Waals surface area (Å²) < 4.78 is 0. The number of carboxylic acid groups (broad SMARTS) is 4. The maximum absolute atomic E-state index is 12.6. The molecule has 12 heteroatoms. The standard InChI is InChI=1S/C18H31N3O.2C2H2O4/c1-2-20-3-5-21(6-4-20)13-17(22)19-18-10-14-7-15(11-18)9-16(8-14)12-18;2*3-1(4)2(5)6/h14-16H,2-13H2,1H3,(H,19,22);2*(H,3,4)(H,5,6). The minimum absolute atomic E-state index is 0.178. The normalized spacial score (nSPS) is 29.6. The fraction of sp³-hybridized carbons (Fsp3) is 0.773. The van der Waals surface area contributed by atoms with Gasteiger partial charge in [-0.05, 0) is 62.8 Å². The minimum Gasteiger partial charge on any atom is -0.473 e. The molecule has 0 radical (unpaired) electrons. The summed E-state index contributed by atoms with van der Waals surface area (Å²) in [5.41, 5.74) is 0.178. The van der Waals surface area contributed by atoms with Crippen LogP contribution < -0.4 is 5.32 Å². The van der Waals surface area contributed by atoms with Gasteiger partial charge >= 0.3 is 23.9 Å². The fourth-order valence-electron chi connectivity index (χ4n) is 6.07. The van der Waals surface area contributed by atoms with Crippen molar-refractivity contribution in [2.75, 3.05) is 39.3 Å². The maximum atomic E-state index is 12.6. The third-order valence-corrected chi connectivity index (χ3v) is 7.09. The number of nitrogens with one attached hydrogen (secondary N) is 1. The first-order valence-electron chi connectivity index (χ1n) is 11.6. The number of likely N-dealkylation sites (N-methyl/N-ethyl adjacent to an activating group) is 1. The Morgan fingerprint density at radius 1 is 0.706 bits per heavy atom. The topological polar surface area (TPSA) is 185 Å². The highest BCUT2D eigenvalue weighted by Gasteiger charge is 2.51. The van der Waals surface area contributed by atoms with E-state index < -0.39 is 23.9 Å². The quantitative estimate of drug-likeness (QED) is 0.338. The van der Waals surface area contributed by atoms with Crippen LogP contribution in [0.1, 0.15) is 45.4 Å². The second-order valence-electron chi connectivity index (χ2n) is 9.68. The number of nitrogens with zero attached hydrogens (tertiary/aromatic N) is 2. The molecular formula is C22H35N3O9. The first kappa shape index (κ1) is 27.5. The van der Waals surface area contributed by atoms with Crippen molar-refractivity contribution >= 4 is 29.8 Å². The SMILES string of the molecule is CCN1CCN(CC(=O)NC23CC4CC(CC(C4)C2)C3)CC1.O=C(O)C(=O)O.O=C(O)C(=O)O. The molecule has 5 N–H and O–H groups in total. The van der Waals surface area contributed by atoms with Crippen molar-refractivity contribution in [1.29, 1.82) is 0 Å². The molecule has 0 spiro atoms. The van der Waals surface area contributed by atoms with Gasteiger partial charge < -0.3 is 30.6 Å². The molecule has 192 valence electrons. The second-order valence-corrected chi connectivity index (χ2v) is 9.68. The van der Waals surface area contributed by atoms with Gasteiger partial charge in [0, 0.05) is 31.7 Å². The lowest BCUT2D eigenvalue weighted by molar-refractivity contribution is -0.159. The fourth-order valence-corrected chi connectivity index (χ4v) is 6.07. The molecule has 5 fully saturated rings. The molecule has 0 unspecified atom stereocenters. The molecule has 1 heterocycles. The summed E-state index contributed by atoms with van der Waals surface area (Å²) >= 11 is 0. The number of rotatable bonds is 4. The lowest BCUT2D eigenvalue weighted by atomic mass is 9.53. The van der Waals surface area contributed by atoms with Crippen molar-refractivity contribution in [3.8, 4) is 0 Å². The van der Waals surface area contributed by atoms with E-state index in [1.54, 1.807) is 0 Å². The van der Waals surface area contributed by atoms with E-state index in [9.17, 15) is 4.79 Å². The van der Waals surface area contributed by atoms with Gasteiger partial charge in [-0.1, -0.05) is 6.92 Å². The van der Waals surface area contributed by atoms with Crippen molar-refractivity contribution < 1.29 is 44.4 Å². The van der Waals surface area contributed by atoms with E-state index in [0.29, 0.717) is 6.54 Å². The smallest absolute Gasteiger partial charge is 0.414 e. The molecule has 1 saturated heterocycles. The minimum atomic E-state index is -1.82. The number of aliphatic carboxylic acids is 4. The summed E-state index contributed by atoms with van der Waals surface area (Å²) in [5.74, 6) is -4.30. The van der Waals surface area contributed by atoms with Gasteiger partial charge in [0.05, 0.1) is 6.54 Å². The Morgan fingerprint density at radius 2 is 1.06 bits per heavy atom. The molecule has 12 nitrogen and oxygen atoms in total. The van der Waals surface area contributed by atoms with Gasteiger partial charge in [0.25, 0.3) is 0 Å². The van der Waals surface area contributed by atoms with Crippen LogP contribution in [0.2, 0.25) is 0 Å². The molecule has 4 saturated carbocycles. The van der Waals surface area contributed by atoms with Gasteiger partial charge in [-0.15, -0.1) is 0 Å². The van der Waals surface area contributed by atoms with Crippen LogP contribution in [-0.4, -0.2) is 105 Å². The van der Waals surface area contributed by atoms with Crippen molar-refractivity contribution in [3.63, 3.8) is 0 Å². The molecule has 0 aromatic rings. The first-order valence-corrected chi connectivity index (χ1v) is 11.6. The Labute approximate surface area is 197 Å². The van der Waals surface area contributed by atoms with E-state index in [-0.39, 0.29) is 11.4 Å². The Kier molecular flexibility index (Phi) is 9.80. The number of piperazine rings is 1. The van der Waals surface area contributed by atoms with Crippen LogP contribution in [0.15, 0.2) is 0 Å². The summed E-state index contributed by atoms with van der Waals surface area (Å²) in [6, 6.07) is 0. The Morgan fingerprint density at radius 3 is 1.38 bits per heavy atom. The highest BCUT2D eigenvalue weighted by Crippen LogP contribution is 2.55. The molecule has 1 aliphatic heterocycles. The molecule has 5 aliphatic rings. The van der Waals surface area contributed by atoms with E-state index in [4.69, 9.17) is 39.6 Å². The summed E-state index contributed by atoms with van der Waals surface area (Å²) in [6.07, 6.45) is 8.09. The van der Waals surface area contributed by atoms with Crippen molar-refractivity contribution in [3.05, 3.63) is 0 Å². The predicted octanol–water partition coefficient (Wildman–Crippen LogP) is 0.0201. The molecule has 34 heavy (non-hydrogen) atoms. The van der Waals surface area contributed by atoms with Crippen LogP contribution in [0.25, 0.3) is 0 Å². The van der Waals surface area contributed by atoms with Crippen LogP contribution in [0.5, 0.6) is 0 Å². The third-order valence-electron chi connectivity index (χ3n) is 7.09. The molecule has 0 aromatic carbocycles. The zero-order valence-electron chi connectivity index (χ0n) is 19.4. The molecule has 1 amide bonds. The average molecular weight is 486 g/mol. The Bertz CT molecular complexity index is 694. The Balaban J connectivity index is 0.000000285. The van der Waals surface area contributed by atoms with Gasteiger partial charge in [-0.3, -0.25) is 9.69 Å². The van der Waals surface area contributed by atoms with Crippen molar-refractivity contribution in [2.45, 2.75) is 51.0 Å². The highest BCUT2D eigenvalue weighted by atomic mass is 16.4. The average Bonchev–Trinajstić information content (AvgIpc) is 2.73. The summed E-state index contributed by atoms with van der Waals surface area (Å²) in [6.45, 7) is 8.27. The summed E-state index contributed by atoms with van der Waals surface area (Å²) in [7, 11) is 0. The zero-order valence-corrected chi connectivity index (χ0v) is 19.4. The number of carbonyl (C=O) groups is 5. The van der Waals surface area contributed by atoms with E-state index >= 15 is 0 Å². The van der Waals surface area contributed by atoms with Gasteiger partial charge in [0.1, 0.15) is 0 Å². The molecule has 4 aliphatic carbocycles. The van der Waals surface area contributed by atoms with E-state index in [0.717, 1.165) is 50.5 Å². The summed E-state index contributed by atoms with van der Waals surface area (Å²) in [4.78, 5) is 53.8. The summed E-state index contributed by atoms with van der Waals surface area (Å²) in [5, 5.41) is 33.1. The third kappa shape index (κ3) is 8.24.